The number of methoxy groups -OCH3 is 1. The fourth-order valence-corrected chi connectivity index (χ4v) is 2.23. The third-order valence-electron chi connectivity index (χ3n) is 3.41. The summed E-state index contributed by atoms with van der Waals surface area (Å²) in [5.74, 6) is 1.55. The second-order valence-corrected chi connectivity index (χ2v) is 5.34. The second kappa shape index (κ2) is 8.60. The van der Waals surface area contributed by atoms with Crippen molar-refractivity contribution >= 4 is 5.91 Å². The molecule has 1 fully saturated rings. The van der Waals surface area contributed by atoms with E-state index in [2.05, 4.69) is 10.6 Å². The number of benzene rings is 1. The van der Waals surface area contributed by atoms with Crippen molar-refractivity contribution in [3.05, 3.63) is 24.3 Å². The Morgan fingerprint density at radius 1 is 1.41 bits per heavy atom. The minimum Gasteiger partial charge on any atom is -0.497 e. The monoisotopic (exact) mass is 308 g/mol. The van der Waals surface area contributed by atoms with Crippen LogP contribution in [0.3, 0.4) is 0 Å². The van der Waals surface area contributed by atoms with Gasteiger partial charge in [-0.15, -0.1) is 0 Å². The van der Waals surface area contributed by atoms with Gasteiger partial charge in [0.25, 0.3) is 0 Å². The van der Waals surface area contributed by atoms with Gasteiger partial charge < -0.3 is 24.8 Å². The van der Waals surface area contributed by atoms with Crippen LogP contribution in [0.5, 0.6) is 11.5 Å². The van der Waals surface area contributed by atoms with Gasteiger partial charge in [-0.3, -0.25) is 4.79 Å². The van der Waals surface area contributed by atoms with Gasteiger partial charge in [0.2, 0.25) is 5.91 Å². The Morgan fingerprint density at radius 2 is 2.14 bits per heavy atom. The fourth-order valence-electron chi connectivity index (χ4n) is 2.23. The number of morpholine rings is 1. The first-order chi connectivity index (χ1) is 10.7. The maximum atomic E-state index is 11.9. The Bertz CT molecular complexity index is 458. The van der Waals surface area contributed by atoms with Crippen LogP contribution in [-0.4, -0.2) is 51.5 Å². The molecule has 2 atom stereocenters. The largest absolute Gasteiger partial charge is 0.497 e. The van der Waals surface area contributed by atoms with E-state index in [1.54, 1.807) is 7.11 Å². The molecule has 1 saturated heterocycles. The van der Waals surface area contributed by atoms with Crippen molar-refractivity contribution < 1.29 is 19.0 Å². The number of ether oxygens (including phenoxy) is 3. The van der Waals surface area contributed by atoms with Crippen LogP contribution >= 0.6 is 0 Å². The molecule has 0 spiro atoms. The molecule has 0 aliphatic carbocycles. The van der Waals surface area contributed by atoms with E-state index in [0.717, 1.165) is 18.0 Å². The third kappa shape index (κ3) is 5.54. The van der Waals surface area contributed by atoms with E-state index in [1.807, 2.05) is 31.2 Å². The number of carbonyl (C=O) groups excluding carboxylic acids is 1. The van der Waals surface area contributed by atoms with Crippen LogP contribution in [0.4, 0.5) is 0 Å². The van der Waals surface area contributed by atoms with E-state index in [-0.39, 0.29) is 18.1 Å². The Balaban J connectivity index is 1.67. The lowest BCUT2D eigenvalue weighted by molar-refractivity contribution is -0.122. The topological polar surface area (TPSA) is 68.8 Å². The number of hydrogen-bond donors (Lipinski definition) is 2. The van der Waals surface area contributed by atoms with Gasteiger partial charge in [0.05, 0.1) is 26.9 Å². The standard InChI is InChI=1S/C16H24N2O4/c1-12(22-15-5-3-14(20-2)4-6-15)10-18-16(19)9-13-11-21-8-7-17-13/h3-6,12-13,17H,7-11H2,1-2H3,(H,18,19). The predicted molar refractivity (Wildman–Crippen MR) is 83.3 cm³/mol. The first-order valence-electron chi connectivity index (χ1n) is 7.56. The molecule has 2 N–H and O–H groups in total. The average Bonchev–Trinajstić information content (AvgIpc) is 2.55. The number of carbonyl (C=O) groups is 1. The van der Waals surface area contributed by atoms with Gasteiger partial charge in [-0.25, -0.2) is 0 Å². The molecule has 22 heavy (non-hydrogen) atoms. The summed E-state index contributed by atoms with van der Waals surface area (Å²) >= 11 is 0. The molecule has 0 aromatic heterocycles. The fraction of sp³-hybridized carbons (Fsp3) is 0.562. The second-order valence-electron chi connectivity index (χ2n) is 5.34. The molecule has 1 amide bonds. The normalized spacial score (nSPS) is 19.3. The van der Waals surface area contributed by atoms with Gasteiger partial charge in [0.15, 0.2) is 0 Å². The van der Waals surface area contributed by atoms with Crippen LogP contribution < -0.4 is 20.1 Å². The van der Waals surface area contributed by atoms with Crippen molar-refractivity contribution in [3.8, 4) is 11.5 Å². The molecular weight excluding hydrogens is 284 g/mol. The highest BCUT2D eigenvalue weighted by atomic mass is 16.5. The highest BCUT2D eigenvalue weighted by Gasteiger charge is 2.17. The predicted octanol–water partition coefficient (Wildman–Crippen LogP) is 0.957. The summed E-state index contributed by atoms with van der Waals surface area (Å²) < 4.78 is 16.2. The van der Waals surface area contributed by atoms with Crippen molar-refractivity contribution in [1.29, 1.82) is 0 Å². The minimum atomic E-state index is -0.104. The lowest BCUT2D eigenvalue weighted by Gasteiger charge is -2.23. The summed E-state index contributed by atoms with van der Waals surface area (Å²) in [4.78, 5) is 11.9. The summed E-state index contributed by atoms with van der Waals surface area (Å²) in [6, 6.07) is 7.48. The van der Waals surface area contributed by atoms with Gasteiger partial charge in [0, 0.05) is 19.0 Å². The van der Waals surface area contributed by atoms with Crippen molar-refractivity contribution in [2.75, 3.05) is 33.4 Å². The van der Waals surface area contributed by atoms with Crippen LogP contribution in [0.2, 0.25) is 0 Å². The van der Waals surface area contributed by atoms with Crippen LogP contribution in [0, 0.1) is 0 Å². The highest BCUT2D eigenvalue weighted by molar-refractivity contribution is 5.76. The molecule has 2 unspecified atom stereocenters. The Hall–Kier alpha value is -1.79. The number of hydrogen-bond acceptors (Lipinski definition) is 5. The molecule has 0 saturated carbocycles. The highest BCUT2D eigenvalue weighted by Crippen LogP contribution is 2.17. The maximum absolute atomic E-state index is 11.9. The zero-order valence-electron chi connectivity index (χ0n) is 13.1. The lowest BCUT2D eigenvalue weighted by Crippen LogP contribution is -2.45. The quantitative estimate of drug-likeness (QED) is 0.785. The van der Waals surface area contributed by atoms with Crippen molar-refractivity contribution in [2.24, 2.45) is 0 Å². The van der Waals surface area contributed by atoms with Crippen LogP contribution in [0.1, 0.15) is 13.3 Å². The van der Waals surface area contributed by atoms with E-state index in [0.29, 0.717) is 26.2 Å². The molecule has 1 aromatic rings. The zero-order chi connectivity index (χ0) is 15.8. The van der Waals surface area contributed by atoms with Gasteiger partial charge >= 0.3 is 0 Å². The van der Waals surface area contributed by atoms with Gasteiger partial charge in [-0.2, -0.15) is 0 Å². The molecule has 0 bridgehead atoms. The van der Waals surface area contributed by atoms with Crippen LogP contribution in [0.25, 0.3) is 0 Å². The molecule has 122 valence electrons. The lowest BCUT2D eigenvalue weighted by atomic mass is 10.2. The SMILES string of the molecule is COc1ccc(OC(C)CNC(=O)CC2COCCN2)cc1. The van der Waals surface area contributed by atoms with Gasteiger partial charge in [-0.1, -0.05) is 0 Å². The summed E-state index contributed by atoms with van der Waals surface area (Å²) in [5, 5.41) is 6.15. The smallest absolute Gasteiger partial charge is 0.221 e. The van der Waals surface area contributed by atoms with Crippen molar-refractivity contribution in [2.45, 2.75) is 25.5 Å². The summed E-state index contributed by atoms with van der Waals surface area (Å²) in [6.45, 7) is 4.50. The van der Waals surface area contributed by atoms with Crippen LogP contribution in [0.15, 0.2) is 24.3 Å². The summed E-state index contributed by atoms with van der Waals surface area (Å²) in [7, 11) is 1.63. The third-order valence-corrected chi connectivity index (χ3v) is 3.41. The van der Waals surface area contributed by atoms with E-state index in [4.69, 9.17) is 14.2 Å². The first kappa shape index (κ1) is 16.6. The van der Waals surface area contributed by atoms with Gasteiger partial charge in [0.1, 0.15) is 17.6 Å². The van der Waals surface area contributed by atoms with Gasteiger partial charge in [-0.05, 0) is 31.2 Å². The summed E-state index contributed by atoms with van der Waals surface area (Å²) in [6.07, 6.45) is 0.322. The molecule has 2 rings (SSSR count). The molecule has 0 radical (unpaired) electrons. The van der Waals surface area contributed by atoms with E-state index >= 15 is 0 Å². The minimum absolute atomic E-state index is 0.00757. The van der Waals surface area contributed by atoms with Crippen LogP contribution in [-0.2, 0) is 9.53 Å². The van der Waals surface area contributed by atoms with E-state index in [1.165, 1.54) is 0 Å². The summed E-state index contributed by atoms with van der Waals surface area (Å²) in [5.41, 5.74) is 0. The molecule has 1 aliphatic heterocycles. The number of rotatable bonds is 7. The molecule has 1 aromatic carbocycles. The number of amides is 1. The average molecular weight is 308 g/mol. The Labute approximate surface area is 131 Å². The van der Waals surface area contributed by atoms with Crippen molar-refractivity contribution in [1.82, 2.24) is 10.6 Å². The Kier molecular flexibility index (Phi) is 6.48. The molecule has 6 nitrogen and oxygen atoms in total. The molecule has 6 heteroatoms. The first-order valence-corrected chi connectivity index (χ1v) is 7.56. The zero-order valence-corrected chi connectivity index (χ0v) is 13.1. The number of nitrogens with one attached hydrogen (secondary N) is 2. The molecular formula is C16H24N2O4. The maximum Gasteiger partial charge on any atom is 0.221 e. The van der Waals surface area contributed by atoms with E-state index < -0.39 is 0 Å². The molecule has 1 heterocycles. The Morgan fingerprint density at radius 3 is 2.77 bits per heavy atom. The molecule has 1 aliphatic rings. The van der Waals surface area contributed by atoms with E-state index in [9.17, 15) is 4.79 Å². The van der Waals surface area contributed by atoms with Crippen molar-refractivity contribution in [3.63, 3.8) is 0 Å².